The number of halogens is 1. The lowest BCUT2D eigenvalue weighted by molar-refractivity contribution is 0.0612. The highest BCUT2D eigenvalue weighted by molar-refractivity contribution is 5.96. The van der Waals surface area contributed by atoms with Crippen LogP contribution in [0.2, 0.25) is 0 Å². The van der Waals surface area contributed by atoms with Gasteiger partial charge in [-0.3, -0.25) is 0 Å². The molecule has 2 aliphatic heterocycles. The third kappa shape index (κ3) is 3.92. The molecule has 3 aromatic heterocycles. The van der Waals surface area contributed by atoms with E-state index in [1.54, 1.807) is 17.2 Å². The number of nitrogens with zero attached hydrogens (tertiary/aromatic N) is 6. The number of hydrogen-bond acceptors (Lipinski definition) is 8. The number of aromatic nitrogens is 4. The Bertz CT molecular complexity index is 1120. The topological polar surface area (TPSA) is 90.3 Å². The monoisotopic (exact) mass is 437 g/mol. The molecule has 0 radical (unpaired) electrons. The van der Waals surface area contributed by atoms with E-state index in [4.69, 9.17) is 4.98 Å². The first-order valence-electron chi connectivity index (χ1n) is 11.2. The van der Waals surface area contributed by atoms with E-state index in [2.05, 4.69) is 39.0 Å². The third-order valence-corrected chi connectivity index (χ3v) is 6.25. The number of fused-ring (bicyclic) bond motifs is 1. The van der Waals surface area contributed by atoms with Crippen LogP contribution in [0.3, 0.4) is 0 Å². The summed E-state index contributed by atoms with van der Waals surface area (Å²) in [6, 6.07) is 3.81. The Hall–Kier alpha value is -3.07. The molecule has 0 bridgehead atoms. The lowest BCUT2D eigenvalue weighted by Crippen LogP contribution is -2.45. The van der Waals surface area contributed by atoms with Crippen LogP contribution in [0, 0.1) is 0 Å². The predicted molar refractivity (Wildman–Crippen MR) is 124 cm³/mol. The molecule has 0 aromatic carbocycles. The summed E-state index contributed by atoms with van der Waals surface area (Å²) in [5.41, 5.74) is 1.18. The van der Waals surface area contributed by atoms with Gasteiger partial charge in [0.05, 0.1) is 12.6 Å². The molecule has 0 spiro atoms. The number of aliphatic hydroxyl groups is 1. The summed E-state index contributed by atoms with van der Waals surface area (Å²) in [4.78, 5) is 22.2. The van der Waals surface area contributed by atoms with Gasteiger partial charge >= 0.3 is 0 Å². The number of anilines is 4. The lowest BCUT2D eigenvalue weighted by atomic mass is 9.98. The number of nitrogens with one attached hydrogen (secondary N) is 1. The van der Waals surface area contributed by atoms with E-state index in [0.29, 0.717) is 36.5 Å². The second-order valence-corrected chi connectivity index (χ2v) is 8.83. The molecule has 2 aliphatic rings. The van der Waals surface area contributed by atoms with Crippen LogP contribution < -0.4 is 15.1 Å². The van der Waals surface area contributed by atoms with Crippen molar-refractivity contribution in [3.05, 3.63) is 36.3 Å². The van der Waals surface area contributed by atoms with E-state index in [9.17, 15) is 9.50 Å². The van der Waals surface area contributed by atoms with Gasteiger partial charge in [0.15, 0.2) is 0 Å². The maximum atomic E-state index is 13.9. The van der Waals surface area contributed by atoms with Crippen LogP contribution in [0.5, 0.6) is 0 Å². The molecule has 5 heterocycles. The van der Waals surface area contributed by atoms with Crippen molar-refractivity contribution in [3.8, 4) is 0 Å². The van der Waals surface area contributed by atoms with Crippen LogP contribution >= 0.6 is 0 Å². The van der Waals surface area contributed by atoms with Gasteiger partial charge in [0.25, 0.3) is 0 Å². The zero-order valence-corrected chi connectivity index (χ0v) is 18.4. The quantitative estimate of drug-likeness (QED) is 0.628. The normalized spacial score (nSPS) is 21.2. The zero-order valence-electron chi connectivity index (χ0n) is 18.4. The molecule has 32 heavy (non-hydrogen) atoms. The first kappa shape index (κ1) is 20.8. The lowest BCUT2D eigenvalue weighted by Gasteiger charge is -2.33. The highest BCUT2D eigenvalue weighted by Gasteiger charge is 2.29. The molecule has 0 saturated carbocycles. The standard InChI is InChI=1S/C23H28FN7O/c1-14(2)16-11-27-22(30-7-3-8-30)17-12-26-21(10-15(16)17)28-20-4-6-25-23(29-20)31-9-5-19(32)18(24)13-31/h4,6,10-12,14,18-19,32H,3,5,7-9,13H2,1-2H3,(H,25,26,28,29). The van der Waals surface area contributed by atoms with Crippen molar-refractivity contribution in [2.24, 2.45) is 0 Å². The molecular formula is C23H28FN7O. The average Bonchev–Trinajstić information content (AvgIpc) is 2.74. The minimum atomic E-state index is -1.30. The Kier molecular flexibility index (Phi) is 5.50. The van der Waals surface area contributed by atoms with Crippen molar-refractivity contribution in [2.75, 3.05) is 41.3 Å². The Balaban J connectivity index is 1.44. The summed E-state index contributed by atoms with van der Waals surface area (Å²) in [6.45, 7) is 6.99. The molecule has 2 saturated heterocycles. The Labute approximate surface area is 186 Å². The van der Waals surface area contributed by atoms with Gasteiger partial charge in [-0.05, 0) is 41.8 Å². The minimum absolute atomic E-state index is 0.0862. The van der Waals surface area contributed by atoms with Crippen molar-refractivity contribution in [3.63, 3.8) is 0 Å². The highest BCUT2D eigenvalue weighted by atomic mass is 19.1. The average molecular weight is 438 g/mol. The Morgan fingerprint density at radius 3 is 2.62 bits per heavy atom. The van der Waals surface area contributed by atoms with E-state index in [1.165, 1.54) is 12.0 Å². The van der Waals surface area contributed by atoms with Crippen molar-refractivity contribution in [1.29, 1.82) is 0 Å². The number of rotatable bonds is 5. The predicted octanol–water partition coefficient (Wildman–Crippen LogP) is 3.41. The highest BCUT2D eigenvalue weighted by Crippen LogP contribution is 2.34. The van der Waals surface area contributed by atoms with Crippen molar-refractivity contribution < 1.29 is 9.50 Å². The van der Waals surface area contributed by atoms with Gasteiger partial charge in [-0.25, -0.2) is 19.3 Å². The van der Waals surface area contributed by atoms with Crippen LogP contribution in [0.25, 0.3) is 10.8 Å². The molecule has 2 fully saturated rings. The van der Waals surface area contributed by atoms with Crippen molar-refractivity contribution in [1.82, 2.24) is 19.9 Å². The molecule has 2 N–H and O–H groups in total. The van der Waals surface area contributed by atoms with E-state index >= 15 is 0 Å². The maximum absolute atomic E-state index is 13.9. The molecule has 168 valence electrons. The Morgan fingerprint density at radius 1 is 1.06 bits per heavy atom. The van der Waals surface area contributed by atoms with Crippen LogP contribution in [0.15, 0.2) is 30.7 Å². The molecule has 2 atom stereocenters. The van der Waals surface area contributed by atoms with Crippen molar-refractivity contribution in [2.45, 2.75) is 44.9 Å². The van der Waals surface area contributed by atoms with Gasteiger partial charge in [-0.1, -0.05) is 13.8 Å². The third-order valence-electron chi connectivity index (χ3n) is 6.25. The number of pyridine rings is 2. The minimum Gasteiger partial charge on any atom is -0.390 e. The van der Waals surface area contributed by atoms with Crippen LogP contribution in [0.1, 0.15) is 38.2 Å². The largest absolute Gasteiger partial charge is 0.390 e. The first-order valence-corrected chi connectivity index (χ1v) is 11.2. The van der Waals surface area contributed by atoms with Gasteiger partial charge in [0.1, 0.15) is 23.6 Å². The fraction of sp³-hybridized carbons (Fsp3) is 0.478. The number of piperidine rings is 1. The fourth-order valence-corrected chi connectivity index (χ4v) is 4.23. The first-order chi connectivity index (χ1) is 15.5. The molecule has 5 rings (SSSR count). The molecule has 9 heteroatoms. The van der Waals surface area contributed by atoms with E-state index < -0.39 is 12.3 Å². The molecule has 8 nitrogen and oxygen atoms in total. The summed E-state index contributed by atoms with van der Waals surface area (Å²) in [5.74, 6) is 3.04. The molecule has 2 unspecified atom stereocenters. The van der Waals surface area contributed by atoms with Crippen LogP contribution in [-0.4, -0.2) is 63.5 Å². The summed E-state index contributed by atoms with van der Waals surface area (Å²) in [7, 11) is 0. The Morgan fingerprint density at radius 2 is 1.91 bits per heavy atom. The van der Waals surface area contributed by atoms with Crippen LogP contribution in [0.4, 0.5) is 27.8 Å². The molecule has 0 amide bonds. The molecular weight excluding hydrogens is 409 g/mol. The number of aliphatic hydroxyl groups excluding tert-OH is 1. The van der Waals surface area contributed by atoms with Gasteiger partial charge < -0.3 is 20.2 Å². The summed E-state index contributed by atoms with van der Waals surface area (Å²) in [5, 5.41) is 15.1. The van der Waals surface area contributed by atoms with E-state index in [1.807, 2.05) is 18.5 Å². The summed E-state index contributed by atoms with van der Waals surface area (Å²) >= 11 is 0. The second kappa shape index (κ2) is 8.46. The smallest absolute Gasteiger partial charge is 0.227 e. The van der Waals surface area contributed by atoms with E-state index in [0.717, 1.165) is 29.7 Å². The van der Waals surface area contributed by atoms with Gasteiger partial charge in [-0.2, -0.15) is 4.98 Å². The SMILES string of the molecule is CC(C)c1cnc(N2CCC2)c2cnc(Nc3ccnc(N4CCC(O)C(F)C4)n3)cc12. The fourth-order valence-electron chi connectivity index (χ4n) is 4.23. The summed E-state index contributed by atoms with van der Waals surface area (Å²) in [6.07, 6.45) is 4.85. The number of hydrogen-bond donors (Lipinski definition) is 2. The van der Waals surface area contributed by atoms with Gasteiger partial charge in [0.2, 0.25) is 5.95 Å². The maximum Gasteiger partial charge on any atom is 0.227 e. The van der Waals surface area contributed by atoms with E-state index in [-0.39, 0.29) is 6.54 Å². The second-order valence-electron chi connectivity index (χ2n) is 8.83. The van der Waals surface area contributed by atoms with Crippen molar-refractivity contribution >= 4 is 34.2 Å². The van der Waals surface area contributed by atoms with Gasteiger partial charge in [0, 0.05) is 43.6 Å². The molecule has 3 aromatic rings. The number of alkyl halides is 1. The van der Waals surface area contributed by atoms with Gasteiger partial charge in [-0.15, -0.1) is 0 Å². The van der Waals surface area contributed by atoms with Crippen LogP contribution in [-0.2, 0) is 0 Å². The molecule has 0 aliphatic carbocycles. The zero-order chi connectivity index (χ0) is 22.2. The summed E-state index contributed by atoms with van der Waals surface area (Å²) < 4.78 is 13.9.